The van der Waals surface area contributed by atoms with Crippen molar-refractivity contribution in [2.75, 3.05) is 30.1 Å². The Balaban J connectivity index is 0.00000338. The number of hydrogen-bond acceptors (Lipinski definition) is 4. The third kappa shape index (κ3) is 6.45. The van der Waals surface area contributed by atoms with Crippen molar-refractivity contribution in [3.8, 4) is 0 Å². The number of anilines is 1. The van der Waals surface area contributed by atoms with Gasteiger partial charge in [0, 0.05) is 23.8 Å². The van der Waals surface area contributed by atoms with E-state index in [1.54, 1.807) is 24.3 Å². The van der Waals surface area contributed by atoms with Crippen LogP contribution in [0.15, 0.2) is 24.3 Å². The van der Waals surface area contributed by atoms with Crippen molar-refractivity contribution in [1.29, 1.82) is 0 Å². The molecule has 0 atom stereocenters. The second-order valence-electron chi connectivity index (χ2n) is 6.48. The van der Waals surface area contributed by atoms with E-state index in [1.165, 1.54) is 0 Å². The van der Waals surface area contributed by atoms with Gasteiger partial charge in [-0.25, -0.2) is 8.42 Å². The van der Waals surface area contributed by atoms with Crippen molar-refractivity contribution in [3.63, 3.8) is 0 Å². The van der Waals surface area contributed by atoms with Crippen molar-refractivity contribution in [2.45, 2.75) is 45.6 Å². The molecule has 0 unspecified atom stereocenters. The number of nitrogens with zero attached hydrogens (tertiary/aromatic N) is 1. The highest BCUT2D eigenvalue weighted by Crippen LogP contribution is 2.19. The number of sulfonamides is 1. The van der Waals surface area contributed by atoms with Crippen molar-refractivity contribution in [1.82, 2.24) is 10.2 Å². The summed E-state index contributed by atoms with van der Waals surface area (Å²) >= 11 is 0. The molecule has 2 rings (SSSR count). The number of hydrogen-bond donors (Lipinski definition) is 2. The molecule has 1 aromatic carbocycles. The average Bonchev–Trinajstić information content (AvgIpc) is 2.59. The highest BCUT2D eigenvalue weighted by atomic mass is 35.5. The molecule has 1 aliphatic heterocycles. The van der Waals surface area contributed by atoms with Gasteiger partial charge in [-0.1, -0.05) is 19.9 Å². The van der Waals surface area contributed by atoms with Gasteiger partial charge < -0.3 is 10.2 Å². The first-order valence-corrected chi connectivity index (χ1v) is 10.7. The van der Waals surface area contributed by atoms with Crippen molar-refractivity contribution >= 4 is 34.0 Å². The summed E-state index contributed by atoms with van der Waals surface area (Å²) in [6, 6.07) is 7.04. The number of rotatable bonds is 8. The molecule has 1 aliphatic rings. The van der Waals surface area contributed by atoms with Gasteiger partial charge in [0.15, 0.2) is 0 Å². The zero-order valence-corrected chi connectivity index (χ0v) is 17.2. The fourth-order valence-corrected chi connectivity index (χ4v) is 4.32. The molecule has 0 spiro atoms. The molecule has 0 aliphatic carbocycles. The van der Waals surface area contributed by atoms with Crippen LogP contribution in [-0.4, -0.2) is 50.7 Å². The SMILES string of the molecule is CCCN(C(=O)c1cccc(NS(=O)(=O)CCC)c1)C1CCNCC1.Cl. The van der Waals surface area contributed by atoms with Gasteiger partial charge >= 0.3 is 0 Å². The Morgan fingerprint density at radius 2 is 1.92 bits per heavy atom. The van der Waals surface area contributed by atoms with E-state index in [9.17, 15) is 13.2 Å². The number of benzene rings is 1. The van der Waals surface area contributed by atoms with Gasteiger partial charge in [-0.3, -0.25) is 9.52 Å². The molecule has 0 aromatic heterocycles. The number of amides is 1. The first-order chi connectivity index (χ1) is 12.0. The zero-order valence-electron chi connectivity index (χ0n) is 15.5. The molecule has 1 saturated heterocycles. The minimum atomic E-state index is -3.36. The second-order valence-corrected chi connectivity index (χ2v) is 8.32. The summed E-state index contributed by atoms with van der Waals surface area (Å²) in [5.74, 6) is 0.0488. The minimum Gasteiger partial charge on any atom is -0.336 e. The lowest BCUT2D eigenvalue weighted by atomic mass is 10.0. The third-order valence-electron chi connectivity index (χ3n) is 4.33. The molecule has 0 saturated carbocycles. The van der Waals surface area contributed by atoms with Crippen LogP contribution in [0, 0.1) is 0 Å². The van der Waals surface area contributed by atoms with E-state index in [2.05, 4.69) is 17.0 Å². The van der Waals surface area contributed by atoms with E-state index >= 15 is 0 Å². The van der Waals surface area contributed by atoms with Crippen molar-refractivity contribution in [3.05, 3.63) is 29.8 Å². The van der Waals surface area contributed by atoms with Crippen LogP contribution in [0.2, 0.25) is 0 Å². The third-order valence-corrected chi connectivity index (χ3v) is 5.82. The van der Waals surface area contributed by atoms with Crippen LogP contribution in [0.25, 0.3) is 0 Å². The first kappa shape index (κ1) is 22.7. The molecule has 8 heteroatoms. The second kappa shape index (κ2) is 10.7. The molecule has 1 fully saturated rings. The van der Waals surface area contributed by atoms with Crippen LogP contribution < -0.4 is 10.0 Å². The van der Waals surface area contributed by atoms with Gasteiger partial charge in [0.1, 0.15) is 0 Å². The van der Waals surface area contributed by atoms with Crippen LogP contribution >= 0.6 is 12.4 Å². The quantitative estimate of drug-likeness (QED) is 0.699. The van der Waals surface area contributed by atoms with Crippen molar-refractivity contribution in [2.24, 2.45) is 0 Å². The van der Waals surface area contributed by atoms with E-state index in [0.717, 1.165) is 38.9 Å². The Morgan fingerprint density at radius 1 is 1.23 bits per heavy atom. The topological polar surface area (TPSA) is 78.5 Å². The summed E-state index contributed by atoms with van der Waals surface area (Å²) in [5, 5.41) is 3.32. The van der Waals surface area contributed by atoms with Gasteiger partial charge in [-0.05, 0) is 57.0 Å². The maximum Gasteiger partial charge on any atom is 0.254 e. The summed E-state index contributed by atoms with van der Waals surface area (Å²) < 4.78 is 26.5. The zero-order chi connectivity index (χ0) is 18.3. The lowest BCUT2D eigenvalue weighted by Crippen LogP contribution is -2.46. The molecule has 1 aromatic rings. The summed E-state index contributed by atoms with van der Waals surface area (Å²) in [5.41, 5.74) is 0.977. The lowest BCUT2D eigenvalue weighted by molar-refractivity contribution is 0.0642. The Kier molecular flexibility index (Phi) is 9.39. The normalized spacial score (nSPS) is 15.2. The van der Waals surface area contributed by atoms with E-state index in [1.807, 2.05) is 11.8 Å². The number of halogens is 1. The van der Waals surface area contributed by atoms with Crippen LogP contribution in [0.5, 0.6) is 0 Å². The summed E-state index contributed by atoms with van der Waals surface area (Å²) in [6.45, 7) is 6.46. The van der Waals surface area contributed by atoms with E-state index in [4.69, 9.17) is 0 Å². The Bertz CT molecular complexity index is 676. The maximum atomic E-state index is 13.0. The lowest BCUT2D eigenvalue weighted by Gasteiger charge is -2.34. The maximum absolute atomic E-state index is 13.0. The number of carbonyl (C=O) groups is 1. The first-order valence-electron chi connectivity index (χ1n) is 9.09. The van der Waals surface area contributed by atoms with Gasteiger partial charge in [0.2, 0.25) is 10.0 Å². The summed E-state index contributed by atoms with van der Waals surface area (Å²) in [4.78, 5) is 15.0. The number of carbonyl (C=O) groups excluding carboxylic acids is 1. The molecule has 1 heterocycles. The highest BCUT2D eigenvalue weighted by Gasteiger charge is 2.25. The highest BCUT2D eigenvalue weighted by molar-refractivity contribution is 7.92. The Hall–Kier alpha value is -1.31. The smallest absolute Gasteiger partial charge is 0.254 e. The van der Waals surface area contributed by atoms with E-state index in [-0.39, 0.29) is 30.1 Å². The van der Waals surface area contributed by atoms with E-state index in [0.29, 0.717) is 17.7 Å². The molecule has 0 radical (unpaired) electrons. The predicted molar refractivity (Wildman–Crippen MR) is 109 cm³/mol. The summed E-state index contributed by atoms with van der Waals surface area (Å²) in [6.07, 6.45) is 3.36. The fraction of sp³-hybridized carbons (Fsp3) is 0.611. The van der Waals surface area contributed by atoms with Crippen molar-refractivity contribution < 1.29 is 13.2 Å². The van der Waals surface area contributed by atoms with E-state index < -0.39 is 10.0 Å². The number of piperidine rings is 1. The van der Waals surface area contributed by atoms with Gasteiger partial charge in [0.25, 0.3) is 5.91 Å². The molecule has 6 nitrogen and oxygen atoms in total. The van der Waals surface area contributed by atoms with Crippen LogP contribution in [0.4, 0.5) is 5.69 Å². The molecule has 26 heavy (non-hydrogen) atoms. The molecule has 1 amide bonds. The van der Waals surface area contributed by atoms with Gasteiger partial charge in [0.05, 0.1) is 5.75 Å². The average molecular weight is 404 g/mol. The molecule has 2 N–H and O–H groups in total. The predicted octanol–water partition coefficient (Wildman–Crippen LogP) is 2.86. The van der Waals surface area contributed by atoms with Crippen LogP contribution in [0.3, 0.4) is 0 Å². The van der Waals surface area contributed by atoms with Gasteiger partial charge in [-0.2, -0.15) is 0 Å². The monoisotopic (exact) mass is 403 g/mol. The largest absolute Gasteiger partial charge is 0.336 e. The molecule has 0 bridgehead atoms. The van der Waals surface area contributed by atoms with Crippen LogP contribution in [-0.2, 0) is 10.0 Å². The van der Waals surface area contributed by atoms with Crippen LogP contribution in [0.1, 0.15) is 49.9 Å². The molecule has 148 valence electrons. The van der Waals surface area contributed by atoms with Gasteiger partial charge in [-0.15, -0.1) is 12.4 Å². The standard InChI is InChI=1S/C18H29N3O3S.ClH/c1-3-12-21(17-8-10-19-11-9-17)18(22)15-6-5-7-16(14-15)20-25(23,24)13-4-2;/h5-7,14,17,19-20H,3-4,8-13H2,1-2H3;1H. The molecular weight excluding hydrogens is 374 g/mol. The summed E-state index contributed by atoms with van der Waals surface area (Å²) in [7, 11) is -3.36. The Labute approximate surface area is 163 Å². The number of nitrogens with one attached hydrogen (secondary N) is 2. The molecular formula is C18H30ClN3O3S. The minimum absolute atomic E-state index is 0. The Morgan fingerprint density at radius 3 is 2.54 bits per heavy atom. The fourth-order valence-electron chi connectivity index (χ4n) is 3.19.